The molecule has 3 rings (SSSR count). The van der Waals surface area contributed by atoms with Gasteiger partial charge in [0.25, 0.3) is 23.6 Å². The highest BCUT2D eigenvalue weighted by Crippen LogP contribution is 2.44. The summed E-state index contributed by atoms with van der Waals surface area (Å²) in [7, 11) is 1.68. The highest BCUT2D eigenvalue weighted by atomic mass is 33.1. The van der Waals surface area contributed by atoms with Crippen LogP contribution in [0.1, 0.15) is 142 Å². The smallest absolute Gasteiger partial charge is 0.268 e. The third kappa shape index (κ3) is 10.1. The van der Waals surface area contributed by atoms with Crippen molar-refractivity contribution in [2.75, 3.05) is 0 Å². The molecule has 3 aliphatic rings. The zero-order valence-corrected chi connectivity index (χ0v) is 25.6. The Morgan fingerprint density at radius 1 is 0.513 bits per heavy atom. The number of hydrogen-bond acceptors (Lipinski definition) is 6. The van der Waals surface area contributed by atoms with Gasteiger partial charge in [0.1, 0.15) is 0 Å². The molecule has 1 fully saturated rings. The molecule has 0 spiro atoms. The van der Waals surface area contributed by atoms with E-state index in [2.05, 4.69) is 6.92 Å². The molecule has 218 valence electrons. The van der Waals surface area contributed by atoms with Crippen LogP contribution in [0.2, 0.25) is 0 Å². The van der Waals surface area contributed by atoms with Crippen LogP contribution in [0.3, 0.4) is 0 Å². The van der Waals surface area contributed by atoms with E-state index >= 15 is 0 Å². The SMILES string of the molecule is CCCCCCCCCCCCCCCCCCCCCCC1C2=CC(=O)N(SSN3C(=O)C=C1C3=O)C2=O. The van der Waals surface area contributed by atoms with Crippen LogP contribution < -0.4 is 0 Å². The summed E-state index contributed by atoms with van der Waals surface area (Å²) in [5, 5.41) is 0. The lowest BCUT2D eigenvalue weighted by Crippen LogP contribution is -2.25. The van der Waals surface area contributed by atoms with Gasteiger partial charge in [0.05, 0.1) is 22.0 Å². The summed E-state index contributed by atoms with van der Waals surface area (Å²) in [4.78, 5) is 50.1. The standard InChI is InChI=1S/C31H48N2O4S2/c1-2-3-4-5-6-7-8-9-10-11-12-13-14-15-16-17-18-19-20-21-22-25-26-23-28(34)32(30(26)36)38-39-33-29(35)24-27(25)31(33)37/h23-25H,2-22H2,1H3. The van der Waals surface area contributed by atoms with Gasteiger partial charge in [0.15, 0.2) is 0 Å². The topological polar surface area (TPSA) is 74.8 Å². The van der Waals surface area contributed by atoms with Gasteiger partial charge in [0, 0.05) is 29.2 Å². The van der Waals surface area contributed by atoms with Gasteiger partial charge < -0.3 is 0 Å². The maximum atomic E-state index is 12.8. The molecule has 0 radical (unpaired) electrons. The fourth-order valence-electron chi connectivity index (χ4n) is 5.73. The average molecular weight is 577 g/mol. The van der Waals surface area contributed by atoms with E-state index in [1.165, 1.54) is 121 Å². The van der Waals surface area contributed by atoms with Gasteiger partial charge in [-0.1, -0.05) is 135 Å². The first-order valence-corrected chi connectivity index (χ1v) is 17.7. The fraction of sp³-hybridized carbons (Fsp3) is 0.742. The Hall–Kier alpha value is -1.54. The molecule has 0 saturated carbocycles. The van der Waals surface area contributed by atoms with Crippen molar-refractivity contribution in [2.45, 2.75) is 142 Å². The summed E-state index contributed by atoms with van der Waals surface area (Å²) >= 11 is 0. The maximum Gasteiger partial charge on any atom is 0.268 e. The Morgan fingerprint density at radius 3 is 1.15 bits per heavy atom. The zero-order chi connectivity index (χ0) is 27.9. The third-order valence-electron chi connectivity index (χ3n) is 8.10. The molecule has 39 heavy (non-hydrogen) atoms. The summed E-state index contributed by atoms with van der Waals surface area (Å²) in [5.74, 6) is -1.97. The minimum Gasteiger partial charge on any atom is -0.268 e. The predicted molar refractivity (Wildman–Crippen MR) is 161 cm³/mol. The van der Waals surface area contributed by atoms with Gasteiger partial charge in [-0.25, -0.2) is 8.61 Å². The van der Waals surface area contributed by atoms with E-state index in [1.54, 1.807) is 0 Å². The number of rotatable bonds is 21. The van der Waals surface area contributed by atoms with Gasteiger partial charge in [-0.15, -0.1) is 0 Å². The summed E-state index contributed by atoms with van der Waals surface area (Å²) in [6.07, 6.45) is 29.6. The largest absolute Gasteiger partial charge is 0.268 e. The van der Waals surface area contributed by atoms with Crippen LogP contribution in [-0.2, 0) is 19.2 Å². The minimum atomic E-state index is -0.484. The molecule has 6 nitrogen and oxygen atoms in total. The molecular formula is C31H48N2O4S2. The van der Waals surface area contributed by atoms with E-state index in [4.69, 9.17) is 0 Å². The van der Waals surface area contributed by atoms with Crippen molar-refractivity contribution in [3.05, 3.63) is 23.3 Å². The highest BCUT2D eigenvalue weighted by molar-refractivity contribution is 8.75. The van der Waals surface area contributed by atoms with E-state index in [0.717, 1.165) is 49.8 Å². The van der Waals surface area contributed by atoms with Crippen molar-refractivity contribution < 1.29 is 19.2 Å². The molecule has 3 aliphatic heterocycles. The molecule has 1 saturated heterocycles. The molecule has 0 N–H and O–H groups in total. The van der Waals surface area contributed by atoms with Crippen molar-refractivity contribution in [3.8, 4) is 0 Å². The minimum absolute atomic E-state index is 0.349. The van der Waals surface area contributed by atoms with Crippen molar-refractivity contribution >= 4 is 45.6 Å². The molecule has 4 amide bonds. The molecule has 0 atom stereocenters. The lowest BCUT2D eigenvalue weighted by molar-refractivity contribution is -0.132. The predicted octanol–water partition coefficient (Wildman–Crippen LogP) is 8.63. The lowest BCUT2D eigenvalue weighted by atomic mass is 9.86. The van der Waals surface area contributed by atoms with E-state index in [0.29, 0.717) is 17.6 Å². The van der Waals surface area contributed by atoms with Gasteiger partial charge in [-0.05, 0) is 6.42 Å². The molecule has 4 bridgehead atoms. The second kappa shape index (κ2) is 18.0. The Balaban J connectivity index is 1.19. The van der Waals surface area contributed by atoms with Gasteiger partial charge in [0.2, 0.25) is 0 Å². The number of amides is 4. The third-order valence-corrected chi connectivity index (χ3v) is 10.3. The number of nitrogens with zero attached hydrogens (tertiary/aromatic N) is 2. The van der Waals surface area contributed by atoms with E-state index in [9.17, 15) is 19.2 Å². The summed E-state index contributed by atoms with van der Waals surface area (Å²) in [5.41, 5.74) is 0.698. The Kier molecular flexibility index (Phi) is 14.8. The summed E-state index contributed by atoms with van der Waals surface area (Å²) in [6.45, 7) is 2.28. The average Bonchev–Trinajstić information content (AvgIpc) is 3.37. The number of hydrogen-bond donors (Lipinski definition) is 0. The van der Waals surface area contributed by atoms with Crippen molar-refractivity contribution in [2.24, 2.45) is 5.92 Å². The highest BCUT2D eigenvalue weighted by Gasteiger charge is 2.45. The number of imide groups is 2. The number of unbranched alkanes of at least 4 members (excludes halogenated alkanes) is 19. The summed E-state index contributed by atoms with van der Waals surface area (Å²) in [6, 6.07) is 0. The monoisotopic (exact) mass is 576 g/mol. The normalized spacial score (nSPS) is 17.6. The first-order valence-electron chi connectivity index (χ1n) is 15.6. The fourth-order valence-corrected chi connectivity index (χ4v) is 7.71. The Labute approximate surface area is 243 Å². The molecule has 0 aromatic carbocycles. The molecule has 0 aromatic rings. The van der Waals surface area contributed by atoms with Crippen LogP contribution in [0.15, 0.2) is 23.3 Å². The second-order valence-electron chi connectivity index (χ2n) is 11.3. The Bertz CT molecular complexity index is 851. The van der Waals surface area contributed by atoms with E-state index < -0.39 is 5.92 Å². The van der Waals surface area contributed by atoms with Crippen LogP contribution in [0, 0.1) is 5.92 Å². The van der Waals surface area contributed by atoms with Crippen molar-refractivity contribution in [1.82, 2.24) is 8.61 Å². The van der Waals surface area contributed by atoms with Crippen LogP contribution in [0.25, 0.3) is 0 Å². The molecule has 0 aromatic heterocycles. The van der Waals surface area contributed by atoms with E-state index in [-0.39, 0.29) is 23.6 Å². The second-order valence-corrected chi connectivity index (χ2v) is 13.2. The van der Waals surface area contributed by atoms with Crippen LogP contribution in [-0.4, -0.2) is 32.2 Å². The summed E-state index contributed by atoms with van der Waals surface area (Å²) < 4.78 is 2.10. The molecule has 3 heterocycles. The molecule has 8 heteroatoms. The molecular weight excluding hydrogens is 528 g/mol. The quantitative estimate of drug-likeness (QED) is 0.0589. The first kappa shape index (κ1) is 32.0. The van der Waals surface area contributed by atoms with Gasteiger partial charge in [-0.2, -0.15) is 0 Å². The number of carbonyl (C=O) groups excluding carboxylic acids is 4. The van der Waals surface area contributed by atoms with Gasteiger partial charge >= 0.3 is 0 Å². The molecule has 0 unspecified atom stereocenters. The zero-order valence-electron chi connectivity index (χ0n) is 23.9. The molecule has 0 aliphatic carbocycles. The van der Waals surface area contributed by atoms with Crippen molar-refractivity contribution in [1.29, 1.82) is 0 Å². The van der Waals surface area contributed by atoms with Gasteiger partial charge in [-0.3, -0.25) is 19.2 Å². The van der Waals surface area contributed by atoms with E-state index in [1.807, 2.05) is 0 Å². The number of fused-ring (bicyclic) bond motifs is 4. The Morgan fingerprint density at radius 2 is 0.821 bits per heavy atom. The van der Waals surface area contributed by atoms with Crippen LogP contribution in [0.5, 0.6) is 0 Å². The first-order chi connectivity index (χ1) is 19.0. The lowest BCUT2D eigenvalue weighted by Gasteiger charge is -2.17. The van der Waals surface area contributed by atoms with Crippen LogP contribution in [0.4, 0.5) is 0 Å². The maximum absolute atomic E-state index is 12.8. The van der Waals surface area contributed by atoms with Crippen LogP contribution >= 0.6 is 22.0 Å². The van der Waals surface area contributed by atoms with Crippen molar-refractivity contribution in [3.63, 3.8) is 0 Å². The number of carbonyl (C=O) groups is 4.